The zero-order chi connectivity index (χ0) is 17.5. The van der Waals surface area contributed by atoms with E-state index in [-0.39, 0.29) is 12.5 Å². The summed E-state index contributed by atoms with van der Waals surface area (Å²) in [5.41, 5.74) is 1.36. The predicted octanol–water partition coefficient (Wildman–Crippen LogP) is 4.50. The number of benzene rings is 2. The number of para-hydroxylation sites is 2. The maximum Gasteiger partial charge on any atom is 0.262 e. The number of amides is 1. The lowest BCUT2D eigenvalue weighted by molar-refractivity contribution is -0.118. The number of aromatic nitrogens is 1. The second kappa shape index (κ2) is 8.17. The molecule has 0 aliphatic heterocycles. The molecule has 25 heavy (non-hydrogen) atoms. The second-order valence-electron chi connectivity index (χ2n) is 5.19. The lowest BCUT2D eigenvalue weighted by atomic mass is 10.3. The van der Waals surface area contributed by atoms with Gasteiger partial charge in [0.15, 0.2) is 6.61 Å². The van der Waals surface area contributed by atoms with Crippen LogP contribution in [0.25, 0.3) is 0 Å². The number of carbonyl (C=O) groups is 1. The Kier molecular flexibility index (Phi) is 5.49. The highest BCUT2D eigenvalue weighted by Gasteiger charge is 2.05. The van der Waals surface area contributed by atoms with E-state index in [1.54, 1.807) is 36.5 Å². The highest BCUT2D eigenvalue weighted by molar-refractivity contribution is 6.33. The van der Waals surface area contributed by atoms with Crippen LogP contribution in [-0.2, 0) is 4.79 Å². The van der Waals surface area contributed by atoms with Gasteiger partial charge in [0.1, 0.15) is 11.6 Å². The molecule has 0 radical (unpaired) electrons. The molecule has 1 amide bonds. The summed E-state index contributed by atoms with van der Waals surface area (Å²) in [7, 11) is 0. The average Bonchev–Trinajstić information content (AvgIpc) is 2.64. The molecule has 1 heterocycles. The summed E-state index contributed by atoms with van der Waals surface area (Å²) < 4.78 is 5.40. The summed E-state index contributed by atoms with van der Waals surface area (Å²) >= 11 is 6.10. The van der Waals surface area contributed by atoms with E-state index < -0.39 is 0 Å². The van der Waals surface area contributed by atoms with Crippen molar-refractivity contribution in [3.8, 4) is 5.75 Å². The molecule has 0 atom stereocenters. The van der Waals surface area contributed by atoms with E-state index >= 15 is 0 Å². The van der Waals surface area contributed by atoms with Crippen LogP contribution in [0.1, 0.15) is 0 Å². The summed E-state index contributed by atoms with van der Waals surface area (Å²) in [6.45, 7) is -0.0658. The Labute approximate surface area is 150 Å². The molecule has 5 nitrogen and oxygen atoms in total. The number of halogens is 1. The fourth-order valence-electron chi connectivity index (χ4n) is 2.10. The molecular weight excluding hydrogens is 338 g/mol. The van der Waals surface area contributed by atoms with Crippen molar-refractivity contribution in [2.75, 3.05) is 17.2 Å². The third-order valence-corrected chi connectivity index (χ3v) is 3.63. The van der Waals surface area contributed by atoms with Crippen molar-refractivity contribution in [3.63, 3.8) is 0 Å². The molecule has 126 valence electrons. The summed E-state index contributed by atoms with van der Waals surface area (Å²) in [4.78, 5) is 16.2. The van der Waals surface area contributed by atoms with Crippen LogP contribution in [0.3, 0.4) is 0 Å². The molecule has 3 rings (SSSR count). The van der Waals surface area contributed by atoms with Crippen LogP contribution < -0.4 is 15.4 Å². The summed E-state index contributed by atoms with van der Waals surface area (Å²) in [5, 5.41) is 6.46. The maximum atomic E-state index is 11.9. The van der Waals surface area contributed by atoms with Gasteiger partial charge in [0.05, 0.1) is 22.6 Å². The quantitative estimate of drug-likeness (QED) is 0.685. The van der Waals surface area contributed by atoms with E-state index in [0.717, 1.165) is 5.69 Å². The van der Waals surface area contributed by atoms with Crippen molar-refractivity contribution in [1.82, 2.24) is 4.98 Å². The zero-order valence-electron chi connectivity index (χ0n) is 13.3. The minimum atomic E-state index is -0.252. The summed E-state index contributed by atoms with van der Waals surface area (Å²) in [6, 6.07) is 20.1. The number of carbonyl (C=O) groups excluding carboxylic acids is 1. The number of rotatable bonds is 6. The molecule has 0 aliphatic rings. The van der Waals surface area contributed by atoms with E-state index in [9.17, 15) is 4.79 Å². The van der Waals surface area contributed by atoms with Crippen molar-refractivity contribution < 1.29 is 9.53 Å². The first-order chi connectivity index (χ1) is 12.2. The van der Waals surface area contributed by atoms with E-state index in [1.807, 2.05) is 36.4 Å². The first-order valence-corrected chi connectivity index (χ1v) is 8.04. The Morgan fingerprint density at radius 3 is 2.48 bits per heavy atom. The molecule has 3 aromatic rings. The molecule has 0 spiro atoms. The minimum Gasteiger partial charge on any atom is -0.484 e. The summed E-state index contributed by atoms with van der Waals surface area (Å²) in [6.07, 6.45) is 1.57. The number of pyridine rings is 1. The van der Waals surface area contributed by atoms with E-state index in [2.05, 4.69) is 15.6 Å². The lowest BCUT2D eigenvalue weighted by Gasteiger charge is -2.09. The Hall–Kier alpha value is -3.05. The minimum absolute atomic E-state index is 0.0658. The second-order valence-corrected chi connectivity index (χ2v) is 5.59. The van der Waals surface area contributed by atoms with Gasteiger partial charge in [-0.05, 0) is 36.4 Å². The van der Waals surface area contributed by atoms with Crippen LogP contribution >= 0.6 is 11.6 Å². The van der Waals surface area contributed by atoms with E-state index in [4.69, 9.17) is 16.3 Å². The molecule has 0 fully saturated rings. The number of hydrogen-bond acceptors (Lipinski definition) is 4. The Bertz CT molecular complexity index is 839. The van der Waals surface area contributed by atoms with Crippen LogP contribution in [-0.4, -0.2) is 17.5 Å². The van der Waals surface area contributed by atoms with Gasteiger partial charge in [-0.3, -0.25) is 4.79 Å². The lowest BCUT2D eigenvalue weighted by Crippen LogP contribution is -2.20. The fraction of sp³-hybridized carbons (Fsp3) is 0.0526. The Balaban J connectivity index is 1.53. The van der Waals surface area contributed by atoms with Crippen LogP contribution in [0.15, 0.2) is 72.9 Å². The fourth-order valence-corrected chi connectivity index (χ4v) is 2.29. The molecule has 0 bridgehead atoms. The van der Waals surface area contributed by atoms with Gasteiger partial charge >= 0.3 is 0 Å². The molecule has 2 aromatic carbocycles. The van der Waals surface area contributed by atoms with Crippen molar-refractivity contribution >= 4 is 34.7 Å². The average molecular weight is 354 g/mol. The van der Waals surface area contributed by atoms with Crippen molar-refractivity contribution in [2.45, 2.75) is 0 Å². The molecular formula is C19H16ClN3O2. The smallest absolute Gasteiger partial charge is 0.262 e. The summed E-state index contributed by atoms with van der Waals surface area (Å²) in [5.74, 6) is 1.03. The van der Waals surface area contributed by atoms with Gasteiger partial charge in [0, 0.05) is 0 Å². The third-order valence-electron chi connectivity index (χ3n) is 3.30. The SMILES string of the molecule is O=C(COc1ccccc1)Nc1ccc(Nc2ccccc2Cl)nc1. The number of ether oxygens (including phenoxy) is 1. The Morgan fingerprint density at radius 2 is 1.76 bits per heavy atom. The maximum absolute atomic E-state index is 11.9. The third kappa shape index (κ3) is 4.96. The van der Waals surface area contributed by atoms with Gasteiger partial charge in [-0.2, -0.15) is 0 Å². The van der Waals surface area contributed by atoms with Crippen LogP contribution in [0, 0.1) is 0 Å². The molecule has 0 aliphatic carbocycles. The number of nitrogens with one attached hydrogen (secondary N) is 2. The standard InChI is InChI=1S/C19H16ClN3O2/c20-16-8-4-5-9-17(16)23-18-11-10-14(12-21-18)22-19(24)13-25-15-6-2-1-3-7-15/h1-12H,13H2,(H,21,23)(H,22,24). The van der Waals surface area contributed by atoms with Gasteiger partial charge in [0.2, 0.25) is 0 Å². The van der Waals surface area contributed by atoms with Gasteiger partial charge in [-0.1, -0.05) is 41.9 Å². The van der Waals surface area contributed by atoms with Crippen LogP contribution in [0.5, 0.6) is 5.75 Å². The monoisotopic (exact) mass is 353 g/mol. The van der Waals surface area contributed by atoms with Gasteiger partial charge in [-0.25, -0.2) is 4.98 Å². The number of nitrogens with zero attached hydrogens (tertiary/aromatic N) is 1. The number of anilines is 3. The van der Waals surface area contributed by atoms with Crippen LogP contribution in [0.4, 0.5) is 17.2 Å². The van der Waals surface area contributed by atoms with Gasteiger partial charge in [0.25, 0.3) is 5.91 Å². The number of hydrogen-bond donors (Lipinski definition) is 2. The molecule has 2 N–H and O–H groups in total. The molecule has 0 saturated carbocycles. The normalized spacial score (nSPS) is 10.1. The molecule has 0 unspecified atom stereocenters. The molecule has 0 saturated heterocycles. The first kappa shape index (κ1) is 16.8. The molecule has 1 aromatic heterocycles. The largest absolute Gasteiger partial charge is 0.484 e. The topological polar surface area (TPSA) is 63.2 Å². The van der Waals surface area contributed by atoms with Gasteiger partial charge < -0.3 is 15.4 Å². The molecule has 6 heteroatoms. The first-order valence-electron chi connectivity index (χ1n) is 7.66. The van der Waals surface area contributed by atoms with E-state index in [0.29, 0.717) is 22.3 Å². The highest BCUT2D eigenvalue weighted by Crippen LogP contribution is 2.24. The van der Waals surface area contributed by atoms with Crippen molar-refractivity contribution in [1.29, 1.82) is 0 Å². The van der Waals surface area contributed by atoms with E-state index in [1.165, 1.54) is 0 Å². The van der Waals surface area contributed by atoms with Crippen molar-refractivity contribution in [2.24, 2.45) is 0 Å². The van der Waals surface area contributed by atoms with Gasteiger partial charge in [-0.15, -0.1) is 0 Å². The highest BCUT2D eigenvalue weighted by atomic mass is 35.5. The van der Waals surface area contributed by atoms with Crippen LogP contribution in [0.2, 0.25) is 5.02 Å². The predicted molar refractivity (Wildman–Crippen MR) is 99.5 cm³/mol. The van der Waals surface area contributed by atoms with Crippen molar-refractivity contribution in [3.05, 3.63) is 77.9 Å². The zero-order valence-corrected chi connectivity index (χ0v) is 14.0. The Morgan fingerprint density at radius 1 is 1.00 bits per heavy atom.